The molecule has 0 saturated carbocycles. The van der Waals surface area contributed by atoms with Gasteiger partial charge < -0.3 is 9.97 Å². The zero-order chi connectivity index (χ0) is 41.5. The van der Waals surface area contributed by atoms with E-state index in [-0.39, 0.29) is 16.1 Å². The standard InChI is InChI=1S/C51H35N5O4S/c57-56(58)47-30-21-36(31-37(47)32-61(59,60)38-19-11-4-12-20-38)51-45-28-26-43(54-45)49(34-15-7-2-8-16-34)41-24-22-39(52-41)48(33-13-5-1-6-14-33)40-23-25-42(53-40)50(35-17-9-3-10-18-35)44-27-29-46(51)55-44/h1-31,52,55H,32H2. The van der Waals surface area contributed by atoms with Crippen LogP contribution >= 0.6 is 0 Å². The molecule has 5 aromatic carbocycles. The molecule has 0 unspecified atom stereocenters. The summed E-state index contributed by atoms with van der Waals surface area (Å²) in [7, 11) is -3.94. The van der Waals surface area contributed by atoms with Gasteiger partial charge in [0.05, 0.1) is 38.3 Å². The van der Waals surface area contributed by atoms with E-state index in [9.17, 15) is 18.5 Å². The maximum Gasteiger partial charge on any atom is 0.273 e. The van der Waals surface area contributed by atoms with Crippen molar-refractivity contribution in [2.45, 2.75) is 10.6 Å². The van der Waals surface area contributed by atoms with E-state index >= 15 is 0 Å². The molecule has 3 aromatic heterocycles. The molecule has 8 bridgehead atoms. The highest BCUT2D eigenvalue weighted by molar-refractivity contribution is 7.90. The maximum atomic E-state index is 13.7. The van der Waals surface area contributed by atoms with E-state index in [0.717, 1.165) is 61.3 Å². The van der Waals surface area contributed by atoms with Crippen LogP contribution in [-0.4, -0.2) is 33.3 Å². The van der Waals surface area contributed by atoms with Crippen molar-refractivity contribution in [3.05, 3.63) is 202 Å². The zero-order valence-corrected chi connectivity index (χ0v) is 33.3. The summed E-state index contributed by atoms with van der Waals surface area (Å²) >= 11 is 0. The fraction of sp³-hybridized carbons (Fsp3) is 0.0196. The number of nitro groups is 1. The average Bonchev–Trinajstić information content (AvgIpc) is 4.13. The number of hydrogen-bond donors (Lipinski definition) is 2. The number of aromatic nitrogens is 4. The van der Waals surface area contributed by atoms with Crippen molar-refractivity contribution in [3.63, 3.8) is 0 Å². The Morgan fingerprint density at radius 3 is 1.20 bits per heavy atom. The fourth-order valence-corrected chi connectivity index (χ4v) is 9.56. The van der Waals surface area contributed by atoms with Gasteiger partial charge in [-0.3, -0.25) is 10.1 Å². The molecule has 0 aliphatic carbocycles. The number of nitrogens with zero attached hydrogens (tertiary/aromatic N) is 3. The van der Waals surface area contributed by atoms with Gasteiger partial charge in [-0.15, -0.1) is 0 Å². The summed E-state index contributed by atoms with van der Waals surface area (Å²) in [5.41, 5.74) is 12.6. The van der Waals surface area contributed by atoms with E-state index in [1.807, 2.05) is 109 Å². The van der Waals surface area contributed by atoms with Crippen LogP contribution in [0.5, 0.6) is 0 Å². The van der Waals surface area contributed by atoms with E-state index in [1.165, 1.54) is 18.2 Å². The normalized spacial score (nSPS) is 12.1. The van der Waals surface area contributed by atoms with Crippen molar-refractivity contribution in [2.75, 3.05) is 0 Å². The monoisotopic (exact) mass is 813 g/mol. The summed E-state index contributed by atoms with van der Waals surface area (Å²) in [5.74, 6) is -0.565. The second-order valence-corrected chi connectivity index (χ2v) is 16.8. The van der Waals surface area contributed by atoms with Crippen molar-refractivity contribution < 1.29 is 13.3 Å². The Bertz CT molecular complexity index is 3320. The smallest absolute Gasteiger partial charge is 0.273 e. The van der Waals surface area contributed by atoms with Crippen molar-refractivity contribution >= 4 is 61.9 Å². The Morgan fingerprint density at radius 1 is 0.459 bits per heavy atom. The van der Waals surface area contributed by atoms with Crippen molar-refractivity contribution in [2.24, 2.45) is 0 Å². The molecule has 10 rings (SSSR count). The van der Waals surface area contributed by atoms with E-state index < -0.39 is 20.5 Å². The lowest BCUT2D eigenvalue weighted by Gasteiger charge is -2.10. The SMILES string of the molecule is O=[N+]([O-])c1ccc(-c2c3nc(c(-c4ccccc4)c4ccc([nH]4)c(-c4ccccc4)c4nc(c(-c5ccccc5)c5ccc2[nH]5)C=C4)C=C3)cc1CS(=O)(=O)c1ccccc1. The Labute approximate surface area is 351 Å². The van der Waals surface area contributed by atoms with Gasteiger partial charge in [0.2, 0.25) is 0 Å². The van der Waals surface area contributed by atoms with E-state index in [4.69, 9.17) is 9.97 Å². The van der Waals surface area contributed by atoms with Crippen LogP contribution in [-0.2, 0) is 15.6 Å². The average molecular weight is 814 g/mol. The van der Waals surface area contributed by atoms with Crippen LogP contribution in [0.25, 0.3) is 90.9 Å². The van der Waals surface area contributed by atoms with Gasteiger partial charge in [-0.05, 0) is 95.1 Å². The highest BCUT2D eigenvalue weighted by Crippen LogP contribution is 2.39. The molecule has 10 heteroatoms. The van der Waals surface area contributed by atoms with Crippen LogP contribution in [0.2, 0.25) is 0 Å². The van der Waals surface area contributed by atoms with Crippen LogP contribution in [0, 0.1) is 10.1 Å². The number of nitro benzene ring substituents is 1. The molecule has 2 aliphatic heterocycles. The predicted octanol–water partition coefficient (Wildman–Crippen LogP) is 12.2. The number of rotatable bonds is 8. The molecule has 9 nitrogen and oxygen atoms in total. The van der Waals surface area contributed by atoms with Gasteiger partial charge in [0.15, 0.2) is 9.84 Å². The molecule has 0 amide bonds. The molecule has 5 heterocycles. The lowest BCUT2D eigenvalue weighted by Crippen LogP contribution is -2.07. The van der Waals surface area contributed by atoms with E-state index in [1.54, 1.807) is 30.3 Å². The van der Waals surface area contributed by atoms with Gasteiger partial charge in [0, 0.05) is 56.0 Å². The number of benzene rings is 5. The molecule has 8 aromatic rings. The number of aromatic amines is 2. The molecule has 0 spiro atoms. The molecule has 0 fully saturated rings. The lowest BCUT2D eigenvalue weighted by molar-refractivity contribution is -0.385. The predicted molar refractivity (Wildman–Crippen MR) is 245 cm³/mol. The molecule has 0 atom stereocenters. The first-order chi connectivity index (χ1) is 29.8. The molecule has 2 N–H and O–H groups in total. The highest BCUT2D eigenvalue weighted by Gasteiger charge is 2.25. The summed E-state index contributed by atoms with van der Waals surface area (Å²) in [5, 5.41) is 12.4. The molecular weight excluding hydrogens is 779 g/mol. The van der Waals surface area contributed by atoms with Crippen molar-refractivity contribution in [1.29, 1.82) is 0 Å². The van der Waals surface area contributed by atoms with E-state index in [0.29, 0.717) is 28.0 Å². The number of nitrogens with one attached hydrogen (secondary N) is 2. The van der Waals surface area contributed by atoms with Crippen LogP contribution in [0.15, 0.2) is 169 Å². The van der Waals surface area contributed by atoms with E-state index in [2.05, 4.69) is 40.3 Å². The number of fused-ring (bicyclic) bond motifs is 8. The van der Waals surface area contributed by atoms with Crippen molar-refractivity contribution in [1.82, 2.24) is 19.9 Å². The first-order valence-corrected chi connectivity index (χ1v) is 21.3. The summed E-state index contributed by atoms with van der Waals surface area (Å²) in [4.78, 5) is 30.0. The third-order valence-corrected chi connectivity index (χ3v) is 12.6. The second kappa shape index (κ2) is 15.3. The van der Waals surface area contributed by atoms with Gasteiger partial charge >= 0.3 is 0 Å². The van der Waals surface area contributed by atoms with Crippen LogP contribution in [0.1, 0.15) is 28.3 Å². The minimum Gasteiger partial charge on any atom is -0.354 e. The largest absolute Gasteiger partial charge is 0.354 e. The molecule has 294 valence electrons. The summed E-state index contributed by atoms with van der Waals surface area (Å²) in [6, 6.07) is 51.1. The number of sulfone groups is 1. The zero-order valence-electron chi connectivity index (χ0n) is 32.5. The molecule has 0 saturated heterocycles. The van der Waals surface area contributed by atoms with Crippen LogP contribution < -0.4 is 0 Å². The van der Waals surface area contributed by atoms with Crippen LogP contribution in [0.4, 0.5) is 5.69 Å². The van der Waals surface area contributed by atoms with Gasteiger partial charge in [-0.2, -0.15) is 0 Å². The third kappa shape index (κ3) is 7.04. The Balaban J connectivity index is 1.32. The Morgan fingerprint density at radius 2 is 0.820 bits per heavy atom. The number of hydrogen-bond acceptors (Lipinski definition) is 6. The Kier molecular flexibility index (Phi) is 9.38. The minimum absolute atomic E-state index is 0.0653. The fourth-order valence-electron chi connectivity index (χ4n) is 8.19. The van der Waals surface area contributed by atoms with Gasteiger partial charge in [0.1, 0.15) is 0 Å². The summed E-state index contributed by atoms with van der Waals surface area (Å²) in [6.07, 6.45) is 8.00. The molecule has 61 heavy (non-hydrogen) atoms. The first-order valence-electron chi connectivity index (χ1n) is 19.7. The topological polar surface area (TPSA) is 135 Å². The Hall–Kier alpha value is -7.95. The molecule has 0 radical (unpaired) electrons. The van der Waals surface area contributed by atoms with Crippen LogP contribution in [0.3, 0.4) is 0 Å². The summed E-state index contributed by atoms with van der Waals surface area (Å²) < 4.78 is 27.4. The highest BCUT2D eigenvalue weighted by atomic mass is 32.2. The van der Waals surface area contributed by atoms with Gasteiger partial charge in [-0.25, -0.2) is 18.4 Å². The quantitative estimate of drug-likeness (QED) is 0.116. The first kappa shape index (κ1) is 37.3. The van der Waals surface area contributed by atoms with Crippen molar-refractivity contribution in [3.8, 4) is 44.5 Å². The minimum atomic E-state index is -3.94. The lowest BCUT2D eigenvalue weighted by atomic mass is 10.0. The summed E-state index contributed by atoms with van der Waals surface area (Å²) in [6.45, 7) is 0. The molecule has 2 aliphatic rings. The maximum absolute atomic E-state index is 13.7. The van der Waals surface area contributed by atoms with Gasteiger partial charge in [-0.1, -0.05) is 109 Å². The van der Waals surface area contributed by atoms with Gasteiger partial charge in [0.25, 0.3) is 5.69 Å². The second-order valence-electron chi connectivity index (χ2n) is 14.8. The third-order valence-electron chi connectivity index (χ3n) is 11.0. The molecular formula is C51H35N5O4S. The number of H-pyrrole nitrogens is 2.